The van der Waals surface area contributed by atoms with E-state index < -0.39 is 5.85 Å². The van der Waals surface area contributed by atoms with Gasteiger partial charge in [0.15, 0.2) is 0 Å². The van der Waals surface area contributed by atoms with Crippen molar-refractivity contribution < 1.29 is 13.9 Å². The van der Waals surface area contributed by atoms with Gasteiger partial charge in [0.2, 0.25) is 0 Å². The van der Waals surface area contributed by atoms with Gasteiger partial charge in [0.25, 0.3) is 12.3 Å². The first-order chi connectivity index (χ1) is 4.77. The largest absolute Gasteiger partial charge is 0.427 e. The van der Waals surface area contributed by atoms with E-state index in [0.29, 0.717) is 0 Å². The summed E-state index contributed by atoms with van der Waals surface area (Å²) in [7, 11) is 0. The first kappa shape index (κ1) is 6.99. The SMILES string of the molecule is O=COC1(F)C=CC=CC1. The van der Waals surface area contributed by atoms with Crippen molar-refractivity contribution in [1.82, 2.24) is 0 Å². The highest BCUT2D eigenvalue weighted by molar-refractivity contribution is 5.39. The van der Waals surface area contributed by atoms with Gasteiger partial charge in [-0.05, 0) is 6.08 Å². The smallest absolute Gasteiger partial charge is 0.296 e. The van der Waals surface area contributed by atoms with Crippen molar-refractivity contribution in [3.05, 3.63) is 24.3 Å². The molecule has 2 nitrogen and oxygen atoms in total. The summed E-state index contributed by atoms with van der Waals surface area (Å²) in [6, 6.07) is 0. The van der Waals surface area contributed by atoms with Crippen molar-refractivity contribution in [2.75, 3.05) is 0 Å². The Kier molecular flexibility index (Phi) is 1.85. The molecule has 0 radical (unpaired) electrons. The topological polar surface area (TPSA) is 26.3 Å². The highest BCUT2D eigenvalue weighted by Gasteiger charge is 2.26. The van der Waals surface area contributed by atoms with Crippen LogP contribution < -0.4 is 0 Å². The van der Waals surface area contributed by atoms with Crippen molar-refractivity contribution in [2.45, 2.75) is 12.3 Å². The number of halogens is 1. The molecule has 0 fully saturated rings. The van der Waals surface area contributed by atoms with Gasteiger partial charge < -0.3 is 4.74 Å². The molecule has 0 aliphatic heterocycles. The third-order valence-corrected chi connectivity index (χ3v) is 1.23. The van der Waals surface area contributed by atoms with E-state index in [4.69, 9.17) is 0 Å². The van der Waals surface area contributed by atoms with Gasteiger partial charge in [-0.1, -0.05) is 18.2 Å². The predicted molar refractivity (Wildman–Crippen MR) is 33.9 cm³/mol. The Morgan fingerprint density at radius 3 is 2.90 bits per heavy atom. The van der Waals surface area contributed by atoms with Gasteiger partial charge in [0, 0.05) is 6.42 Å². The highest BCUT2D eigenvalue weighted by Crippen LogP contribution is 2.22. The Bertz CT molecular complexity index is 182. The van der Waals surface area contributed by atoms with E-state index in [1.807, 2.05) is 0 Å². The number of carbonyl (C=O) groups excluding carboxylic acids is 1. The summed E-state index contributed by atoms with van der Waals surface area (Å²) < 4.78 is 17.2. The second-order valence-electron chi connectivity index (χ2n) is 1.99. The zero-order chi connectivity index (χ0) is 7.45. The number of alkyl halides is 1. The van der Waals surface area contributed by atoms with Crippen LogP contribution in [0.3, 0.4) is 0 Å². The Labute approximate surface area is 58.0 Å². The van der Waals surface area contributed by atoms with Crippen LogP contribution in [0.15, 0.2) is 24.3 Å². The number of carbonyl (C=O) groups is 1. The molecule has 0 aromatic rings. The maximum absolute atomic E-state index is 13.0. The predicted octanol–water partition coefficient (Wildman–Crippen LogP) is 1.34. The van der Waals surface area contributed by atoms with Gasteiger partial charge in [0.1, 0.15) is 0 Å². The molecule has 0 spiro atoms. The Morgan fingerprint density at radius 2 is 2.40 bits per heavy atom. The van der Waals surface area contributed by atoms with Crippen LogP contribution in [-0.4, -0.2) is 12.3 Å². The molecule has 3 heteroatoms. The molecule has 0 saturated carbocycles. The van der Waals surface area contributed by atoms with Crippen LogP contribution in [-0.2, 0) is 9.53 Å². The van der Waals surface area contributed by atoms with E-state index in [-0.39, 0.29) is 12.9 Å². The average Bonchev–Trinajstić information content (AvgIpc) is 1.89. The van der Waals surface area contributed by atoms with E-state index in [1.54, 1.807) is 12.2 Å². The first-order valence-electron chi connectivity index (χ1n) is 2.91. The molecule has 1 atom stereocenters. The summed E-state index contributed by atoms with van der Waals surface area (Å²) in [6.45, 7) is 0.115. The van der Waals surface area contributed by atoms with Gasteiger partial charge >= 0.3 is 0 Å². The van der Waals surface area contributed by atoms with Crippen molar-refractivity contribution >= 4 is 6.47 Å². The summed E-state index contributed by atoms with van der Waals surface area (Å²) in [5.74, 6) is -1.91. The molecule has 0 aromatic carbocycles. The second kappa shape index (κ2) is 2.64. The fraction of sp³-hybridized carbons (Fsp3) is 0.286. The minimum absolute atomic E-state index is 0.0994. The molecule has 1 aliphatic rings. The molecule has 54 valence electrons. The number of hydrogen-bond donors (Lipinski definition) is 0. The van der Waals surface area contributed by atoms with E-state index >= 15 is 0 Å². The van der Waals surface area contributed by atoms with E-state index in [9.17, 15) is 9.18 Å². The summed E-state index contributed by atoms with van der Waals surface area (Å²) >= 11 is 0. The quantitative estimate of drug-likeness (QED) is 0.544. The molecule has 0 N–H and O–H groups in total. The molecule has 0 bridgehead atoms. The Morgan fingerprint density at radius 1 is 1.60 bits per heavy atom. The third kappa shape index (κ3) is 1.43. The van der Waals surface area contributed by atoms with Crippen molar-refractivity contribution in [2.24, 2.45) is 0 Å². The fourth-order valence-electron chi connectivity index (χ4n) is 0.742. The lowest BCUT2D eigenvalue weighted by molar-refractivity contribution is -0.154. The monoisotopic (exact) mass is 142 g/mol. The van der Waals surface area contributed by atoms with Crippen LogP contribution in [0.4, 0.5) is 4.39 Å². The van der Waals surface area contributed by atoms with Crippen molar-refractivity contribution in [1.29, 1.82) is 0 Å². The highest BCUT2D eigenvalue weighted by atomic mass is 19.2. The minimum Gasteiger partial charge on any atom is -0.427 e. The van der Waals surface area contributed by atoms with Gasteiger partial charge in [-0.3, -0.25) is 4.79 Å². The summed E-state index contributed by atoms with van der Waals surface area (Å²) in [5.41, 5.74) is 0. The van der Waals surface area contributed by atoms with Gasteiger partial charge in [-0.15, -0.1) is 0 Å². The summed E-state index contributed by atoms with van der Waals surface area (Å²) in [6.07, 6.45) is 6.12. The van der Waals surface area contributed by atoms with Crippen LogP contribution in [0.25, 0.3) is 0 Å². The van der Waals surface area contributed by atoms with Crippen molar-refractivity contribution in [3.8, 4) is 0 Å². The zero-order valence-corrected chi connectivity index (χ0v) is 5.29. The standard InChI is InChI=1S/C7H7FO2/c8-7(10-6-9)4-2-1-3-5-7/h1-4,6H,5H2. The van der Waals surface area contributed by atoms with Crippen LogP contribution >= 0.6 is 0 Å². The molecule has 1 aliphatic carbocycles. The molecule has 1 unspecified atom stereocenters. The lowest BCUT2D eigenvalue weighted by atomic mass is 10.1. The van der Waals surface area contributed by atoms with Crippen LogP contribution in [0.5, 0.6) is 0 Å². The maximum Gasteiger partial charge on any atom is 0.296 e. The average molecular weight is 142 g/mol. The minimum atomic E-state index is -1.91. The summed E-state index contributed by atoms with van der Waals surface area (Å²) in [5, 5.41) is 0. The maximum atomic E-state index is 13.0. The van der Waals surface area contributed by atoms with Crippen LogP contribution in [0, 0.1) is 0 Å². The van der Waals surface area contributed by atoms with E-state index in [0.717, 1.165) is 0 Å². The summed E-state index contributed by atoms with van der Waals surface area (Å²) in [4.78, 5) is 9.76. The van der Waals surface area contributed by atoms with Gasteiger partial charge in [0.05, 0.1) is 0 Å². The zero-order valence-electron chi connectivity index (χ0n) is 5.29. The van der Waals surface area contributed by atoms with Crippen molar-refractivity contribution in [3.63, 3.8) is 0 Å². The Balaban J connectivity index is 2.60. The van der Waals surface area contributed by atoms with Gasteiger partial charge in [-0.2, -0.15) is 4.39 Å². The molecular weight excluding hydrogens is 135 g/mol. The third-order valence-electron chi connectivity index (χ3n) is 1.23. The lowest BCUT2D eigenvalue weighted by Gasteiger charge is -2.18. The first-order valence-corrected chi connectivity index (χ1v) is 2.91. The molecular formula is C7H7FO2. The molecule has 1 rings (SSSR count). The molecule has 0 aromatic heterocycles. The Hall–Kier alpha value is -1.12. The van der Waals surface area contributed by atoms with Gasteiger partial charge in [-0.25, -0.2) is 0 Å². The molecule has 10 heavy (non-hydrogen) atoms. The number of hydrogen-bond acceptors (Lipinski definition) is 2. The normalized spacial score (nSPS) is 30.1. The number of ether oxygens (including phenoxy) is 1. The van der Waals surface area contributed by atoms with Crippen LogP contribution in [0.2, 0.25) is 0 Å². The second-order valence-corrected chi connectivity index (χ2v) is 1.99. The number of allylic oxidation sites excluding steroid dienone is 2. The van der Waals surface area contributed by atoms with Crippen LogP contribution in [0.1, 0.15) is 6.42 Å². The fourth-order valence-corrected chi connectivity index (χ4v) is 0.742. The molecule has 0 heterocycles. The number of rotatable bonds is 2. The molecule has 0 amide bonds. The van der Waals surface area contributed by atoms with E-state index in [2.05, 4.69) is 4.74 Å². The molecule has 0 saturated heterocycles. The van der Waals surface area contributed by atoms with E-state index in [1.165, 1.54) is 12.2 Å². The lowest BCUT2D eigenvalue weighted by Crippen LogP contribution is -2.23.